The predicted octanol–water partition coefficient (Wildman–Crippen LogP) is 0.0346. The number of nitrogens with zero attached hydrogens (tertiary/aromatic N) is 2. The van der Waals surface area contributed by atoms with Crippen LogP contribution in [0.5, 0.6) is 11.5 Å². The van der Waals surface area contributed by atoms with Gasteiger partial charge in [0.25, 0.3) is 0 Å². The molecule has 3 N–H and O–H groups in total. The van der Waals surface area contributed by atoms with Crippen LogP contribution >= 0.6 is 0 Å². The summed E-state index contributed by atoms with van der Waals surface area (Å²) in [5.41, 5.74) is 0.352. The quantitative estimate of drug-likeness (QED) is 0.425. The summed E-state index contributed by atoms with van der Waals surface area (Å²) in [5, 5.41) is 30.3. The molecule has 1 aromatic carbocycles. The molecular formula is C21H26BN2O8-. The third kappa shape index (κ3) is 3.64. The van der Waals surface area contributed by atoms with Crippen molar-refractivity contribution in [2.45, 2.75) is 30.4 Å². The first-order valence-corrected chi connectivity index (χ1v) is 10.8. The molecule has 1 aliphatic carbocycles. The highest BCUT2D eigenvalue weighted by Crippen LogP contribution is 2.54. The van der Waals surface area contributed by atoms with Crippen LogP contribution in [-0.2, 0) is 9.53 Å². The molecule has 0 bridgehead atoms. The molecule has 1 amide bonds. The van der Waals surface area contributed by atoms with E-state index in [1.54, 1.807) is 29.2 Å². The Bertz CT molecular complexity index is 977. The second-order valence-corrected chi connectivity index (χ2v) is 9.03. The van der Waals surface area contributed by atoms with Gasteiger partial charge in [-0.3, -0.25) is 4.79 Å². The van der Waals surface area contributed by atoms with Gasteiger partial charge in [0.05, 0.1) is 38.0 Å². The Hall–Kier alpha value is -2.60. The Balaban J connectivity index is 1.26. The fourth-order valence-electron chi connectivity index (χ4n) is 4.81. The van der Waals surface area contributed by atoms with Crippen molar-refractivity contribution in [3.63, 3.8) is 0 Å². The number of morpholine rings is 1. The Kier molecular flexibility index (Phi) is 5.16. The number of likely N-dealkylation sites (N-methyl/N-ethyl adjacent to an activating group) is 1. The molecular weight excluding hydrogens is 419 g/mol. The van der Waals surface area contributed by atoms with Gasteiger partial charge in [-0.15, -0.1) is 6.08 Å². The minimum atomic E-state index is -3.20. The van der Waals surface area contributed by atoms with Gasteiger partial charge in [-0.25, -0.2) is 4.79 Å². The van der Waals surface area contributed by atoms with Crippen LogP contribution in [0.25, 0.3) is 0 Å². The van der Waals surface area contributed by atoms with E-state index < -0.39 is 18.5 Å². The van der Waals surface area contributed by atoms with Crippen molar-refractivity contribution in [1.82, 2.24) is 9.80 Å². The van der Waals surface area contributed by atoms with Crippen LogP contribution in [0.15, 0.2) is 24.3 Å². The van der Waals surface area contributed by atoms with Gasteiger partial charge in [0.2, 0.25) is 5.91 Å². The van der Waals surface area contributed by atoms with E-state index in [9.17, 15) is 24.7 Å². The van der Waals surface area contributed by atoms with Gasteiger partial charge < -0.3 is 39.1 Å². The number of fused-ring (bicyclic) bond motifs is 3. The van der Waals surface area contributed by atoms with E-state index >= 15 is 0 Å². The third-order valence-electron chi connectivity index (χ3n) is 6.71. The van der Waals surface area contributed by atoms with E-state index in [0.29, 0.717) is 38.2 Å². The highest BCUT2D eigenvalue weighted by Gasteiger charge is 2.48. The van der Waals surface area contributed by atoms with Gasteiger partial charge in [-0.2, -0.15) is 0 Å². The zero-order valence-electron chi connectivity index (χ0n) is 17.7. The number of hydrogen-bond acceptors (Lipinski definition) is 8. The lowest BCUT2D eigenvalue weighted by molar-refractivity contribution is -0.144. The number of benzene rings is 1. The maximum atomic E-state index is 12.5. The molecule has 3 heterocycles. The molecule has 4 aliphatic rings. The summed E-state index contributed by atoms with van der Waals surface area (Å²) in [4.78, 5) is 28.3. The van der Waals surface area contributed by atoms with Crippen molar-refractivity contribution in [3.05, 3.63) is 35.4 Å². The first kappa shape index (κ1) is 21.3. The minimum Gasteiger partial charge on any atom is -0.669 e. The van der Waals surface area contributed by atoms with Crippen LogP contribution in [0.2, 0.25) is 5.82 Å². The fourth-order valence-corrected chi connectivity index (χ4v) is 4.81. The maximum absolute atomic E-state index is 12.5. The zero-order valence-corrected chi connectivity index (χ0v) is 17.7. The van der Waals surface area contributed by atoms with Crippen LogP contribution in [0.1, 0.15) is 28.3 Å². The average molecular weight is 445 g/mol. The van der Waals surface area contributed by atoms with Crippen molar-refractivity contribution in [2.24, 2.45) is 0 Å². The predicted molar refractivity (Wildman–Crippen MR) is 113 cm³/mol. The van der Waals surface area contributed by atoms with Gasteiger partial charge >= 0.3 is 12.7 Å². The molecule has 10 nitrogen and oxygen atoms in total. The second kappa shape index (κ2) is 7.77. The number of carbonyl (C=O) groups excluding carboxylic acids is 1. The number of rotatable bonds is 5. The Morgan fingerprint density at radius 3 is 2.66 bits per heavy atom. The highest BCUT2D eigenvalue weighted by molar-refractivity contribution is 6.62. The van der Waals surface area contributed by atoms with Crippen molar-refractivity contribution < 1.29 is 38.9 Å². The summed E-state index contributed by atoms with van der Waals surface area (Å²) in [6, 6.07) is 3.27. The van der Waals surface area contributed by atoms with Crippen molar-refractivity contribution in [3.8, 4) is 11.5 Å². The van der Waals surface area contributed by atoms with Crippen LogP contribution in [0.4, 0.5) is 0 Å². The monoisotopic (exact) mass is 445 g/mol. The fraction of sp³-hybridized carbons (Fsp3) is 0.524. The van der Waals surface area contributed by atoms with Gasteiger partial charge in [0, 0.05) is 13.1 Å². The van der Waals surface area contributed by atoms with E-state index in [-0.39, 0.29) is 41.1 Å². The van der Waals surface area contributed by atoms with Crippen LogP contribution in [0, 0.1) is 0 Å². The van der Waals surface area contributed by atoms with Crippen LogP contribution < -0.4 is 9.39 Å². The molecule has 0 aromatic heterocycles. The number of aromatic carboxylic acids is 1. The molecule has 3 aliphatic heterocycles. The Morgan fingerprint density at radius 1 is 1.22 bits per heavy atom. The van der Waals surface area contributed by atoms with Crippen LogP contribution in [0.3, 0.4) is 0 Å². The number of carboxylic acids is 1. The number of carboxylic acid groups (broad SMARTS) is 1. The summed E-state index contributed by atoms with van der Waals surface area (Å²) in [7, 11) is 2.00. The lowest BCUT2D eigenvalue weighted by Gasteiger charge is -2.50. The van der Waals surface area contributed by atoms with E-state index in [2.05, 4.69) is 4.90 Å². The molecule has 172 valence electrons. The molecule has 0 unspecified atom stereocenters. The summed E-state index contributed by atoms with van der Waals surface area (Å²) in [6.07, 6.45) is 3.26. The van der Waals surface area contributed by atoms with Gasteiger partial charge in [0.1, 0.15) is 17.4 Å². The number of allylic oxidation sites excluding steroid dienone is 2. The van der Waals surface area contributed by atoms with E-state index in [1.165, 1.54) is 0 Å². The summed E-state index contributed by atoms with van der Waals surface area (Å²) in [5.74, 6) is -2.19. The number of carbonyl (C=O) groups is 2. The summed E-state index contributed by atoms with van der Waals surface area (Å²) in [6.45, 7) is -0.328. The molecule has 0 radical (unpaired) electrons. The van der Waals surface area contributed by atoms with Crippen molar-refractivity contribution in [1.29, 1.82) is 0 Å². The molecule has 2 fully saturated rings. The lowest BCUT2D eigenvalue weighted by Crippen LogP contribution is -2.57. The van der Waals surface area contributed by atoms with Gasteiger partial charge in [0.15, 0.2) is 0 Å². The first-order chi connectivity index (χ1) is 15.2. The Labute approximate surface area is 185 Å². The average Bonchev–Trinajstić information content (AvgIpc) is 2.63. The van der Waals surface area contributed by atoms with E-state index in [1.807, 2.05) is 7.05 Å². The molecule has 11 heteroatoms. The minimum absolute atomic E-state index is 0.0201. The second-order valence-electron chi connectivity index (χ2n) is 9.03. The largest absolute Gasteiger partial charge is 0.669 e. The smallest absolute Gasteiger partial charge is 0.438 e. The summed E-state index contributed by atoms with van der Waals surface area (Å²) >= 11 is 0. The zero-order chi connectivity index (χ0) is 22.6. The standard InChI is InChI=1S/C21H26BN2O8/c1-23-6-7-30-12(9-23)8-18(25)24-10-13(11-24)31-17-5-3-15-14-2-4-16(14)22(28,29)32-20(15)19(17)21(26)27/h2-5,12-14,16,28-29H,6-11H2,1H3,(H,26,27)/q-1/t12-,14-,16-/m1/s1. The normalized spacial score (nSPS) is 28.6. The number of amides is 1. The van der Waals surface area contributed by atoms with Crippen molar-refractivity contribution >= 4 is 18.6 Å². The molecule has 2 saturated heterocycles. The van der Waals surface area contributed by atoms with Crippen molar-refractivity contribution in [2.75, 3.05) is 39.8 Å². The topological polar surface area (TPSA) is 129 Å². The lowest BCUT2D eigenvalue weighted by atomic mass is 9.50. The third-order valence-corrected chi connectivity index (χ3v) is 6.71. The first-order valence-electron chi connectivity index (χ1n) is 10.8. The maximum Gasteiger partial charge on any atom is 0.438 e. The molecule has 32 heavy (non-hydrogen) atoms. The van der Waals surface area contributed by atoms with Crippen LogP contribution in [-0.4, -0.2) is 95.6 Å². The number of likely N-dealkylation sites (tertiary alicyclic amines) is 1. The number of ether oxygens (including phenoxy) is 2. The molecule has 0 spiro atoms. The molecule has 1 aromatic rings. The van der Waals surface area contributed by atoms with Gasteiger partial charge in [-0.1, -0.05) is 12.1 Å². The molecule has 0 saturated carbocycles. The molecule has 3 atom stereocenters. The highest BCUT2D eigenvalue weighted by atomic mass is 16.6. The van der Waals surface area contributed by atoms with Gasteiger partial charge in [-0.05, 0) is 30.4 Å². The van der Waals surface area contributed by atoms with E-state index in [4.69, 9.17) is 14.1 Å². The summed E-state index contributed by atoms with van der Waals surface area (Å²) < 4.78 is 16.9. The SMILES string of the molecule is CN1CCO[C@H](CC(=O)N2CC(Oc3ccc4c(c3C(=O)O)O[B-](O)(O)[C@@H]3C=C[C@H]43)C2)C1. The Morgan fingerprint density at radius 2 is 2.00 bits per heavy atom. The number of hydrogen-bond donors (Lipinski definition) is 3. The van der Waals surface area contributed by atoms with E-state index in [0.717, 1.165) is 6.54 Å². The molecule has 5 rings (SSSR count).